The van der Waals surface area contributed by atoms with Gasteiger partial charge in [0, 0.05) is 23.6 Å². The molecule has 17 heavy (non-hydrogen) atoms. The predicted molar refractivity (Wildman–Crippen MR) is 65.7 cm³/mol. The van der Waals surface area contributed by atoms with Gasteiger partial charge in [-0.05, 0) is 18.6 Å². The highest BCUT2D eigenvalue weighted by atomic mass is 35.5. The van der Waals surface area contributed by atoms with Gasteiger partial charge in [-0.15, -0.1) is 0 Å². The minimum absolute atomic E-state index is 0.148. The van der Waals surface area contributed by atoms with Crippen molar-refractivity contribution in [3.8, 4) is 0 Å². The summed E-state index contributed by atoms with van der Waals surface area (Å²) in [5.41, 5.74) is 0.148. The summed E-state index contributed by atoms with van der Waals surface area (Å²) in [6, 6.07) is 4.35. The van der Waals surface area contributed by atoms with E-state index < -0.39 is 11.9 Å². The van der Waals surface area contributed by atoms with Crippen molar-refractivity contribution in [1.82, 2.24) is 0 Å². The maximum atomic E-state index is 13.7. The molecular weight excluding hydrogens is 243 g/mol. The van der Waals surface area contributed by atoms with Gasteiger partial charge >= 0.3 is 0 Å². The van der Waals surface area contributed by atoms with Gasteiger partial charge in [0.1, 0.15) is 11.9 Å². The Hall–Kier alpha value is -0.930. The highest BCUT2D eigenvalue weighted by Gasteiger charge is 2.25. The van der Waals surface area contributed by atoms with Crippen LogP contribution in [0.3, 0.4) is 0 Å². The van der Waals surface area contributed by atoms with E-state index in [1.54, 1.807) is 13.0 Å². The summed E-state index contributed by atoms with van der Waals surface area (Å²) >= 11 is 5.93. The van der Waals surface area contributed by atoms with Crippen LogP contribution in [0.1, 0.15) is 38.4 Å². The van der Waals surface area contributed by atoms with Crippen LogP contribution in [-0.2, 0) is 9.53 Å². The number of rotatable bonds is 6. The molecule has 1 rings (SSSR count). The molecule has 94 valence electrons. The number of hydrogen-bond donors (Lipinski definition) is 0. The summed E-state index contributed by atoms with van der Waals surface area (Å²) < 4.78 is 19.1. The van der Waals surface area contributed by atoms with Crippen LogP contribution in [0.25, 0.3) is 0 Å². The lowest BCUT2D eigenvalue weighted by atomic mass is 10.0. The normalized spacial score (nSPS) is 12.5. The number of halogens is 2. The third-order valence-corrected chi connectivity index (χ3v) is 2.72. The third kappa shape index (κ3) is 3.51. The van der Waals surface area contributed by atoms with Gasteiger partial charge in [0.2, 0.25) is 0 Å². The Balaban J connectivity index is 3.07. The van der Waals surface area contributed by atoms with Gasteiger partial charge in [-0.2, -0.15) is 0 Å². The fourth-order valence-electron chi connectivity index (χ4n) is 1.52. The summed E-state index contributed by atoms with van der Waals surface area (Å²) in [6.45, 7) is 4.05. The molecule has 4 heteroatoms. The fourth-order valence-corrected chi connectivity index (χ4v) is 1.78. The highest BCUT2D eigenvalue weighted by molar-refractivity contribution is 6.31. The summed E-state index contributed by atoms with van der Waals surface area (Å²) in [7, 11) is 0. The summed E-state index contributed by atoms with van der Waals surface area (Å²) in [4.78, 5) is 11.8. The van der Waals surface area contributed by atoms with Crippen molar-refractivity contribution in [1.29, 1.82) is 0 Å². The second-order valence-corrected chi connectivity index (χ2v) is 4.11. The van der Waals surface area contributed by atoms with E-state index in [1.807, 2.05) is 6.92 Å². The Morgan fingerprint density at radius 3 is 2.71 bits per heavy atom. The van der Waals surface area contributed by atoms with Crippen molar-refractivity contribution in [2.24, 2.45) is 0 Å². The first-order valence-corrected chi connectivity index (χ1v) is 6.07. The van der Waals surface area contributed by atoms with Crippen LogP contribution in [0.4, 0.5) is 4.39 Å². The van der Waals surface area contributed by atoms with Crippen LogP contribution >= 0.6 is 11.6 Å². The molecule has 0 N–H and O–H groups in total. The van der Waals surface area contributed by atoms with Gasteiger partial charge in [-0.3, -0.25) is 4.79 Å². The molecule has 0 amide bonds. The first-order chi connectivity index (χ1) is 8.11. The Morgan fingerprint density at radius 2 is 2.18 bits per heavy atom. The molecule has 0 aliphatic carbocycles. The first kappa shape index (κ1) is 14.1. The standard InChI is InChI=1S/C13H16ClFO2/c1-3-8-17-13(11(16)4-2)12-9(14)6-5-7-10(12)15/h5-7,13H,3-4,8H2,1-2H3. The van der Waals surface area contributed by atoms with E-state index in [4.69, 9.17) is 16.3 Å². The molecule has 0 aliphatic heterocycles. The average Bonchev–Trinajstić information content (AvgIpc) is 2.32. The molecule has 1 atom stereocenters. The molecular formula is C13H16ClFO2. The molecule has 1 aromatic rings. The predicted octanol–water partition coefficient (Wildman–Crippen LogP) is 3.93. The molecule has 0 radical (unpaired) electrons. The summed E-state index contributed by atoms with van der Waals surface area (Å²) in [6.07, 6.45) is 0.159. The smallest absolute Gasteiger partial charge is 0.166 e. The minimum atomic E-state index is -0.895. The molecule has 0 aliphatic rings. The van der Waals surface area contributed by atoms with E-state index in [0.717, 1.165) is 6.42 Å². The number of benzene rings is 1. The monoisotopic (exact) mass is 258 g/mol. The lowest BCUT2D eigenvalue weighted by Crippen LogP contribution is -2.17. The molecule has 0 bridgehead atoms. The van der Waals surface area contributed by atoms with E-state index >= 15 is 0 Å². The van der Waals surface area contributed by atoms with Crippen molar-refractivity contribution < 1.29 is 13.9 Å². The lowest BCUT2D eigenvalue weighted by Gasteiger charge is -2.18. The van der Waals surface area contributed by atoms with Crippen LogP contribution in [0.2, 0.25) is 5.02 Å². The van der Waals surface area contributed by atoms with Gasteiger partial charge in [0.05, 0.1) is 0 Å². The van der Waals surface area contributed by atoms with Gasteiger partial charge in [0.15, 0.2) is 5.78 Å². The molecule has 1 unspecified atom stereocenters. The van der Waals surface area contributed by atoms with Crippen LogP contribution < -0.4 is 0 Å². The van der Waals surface area contributed by atoms with Crippen LogP contribution in [0.15, 0.2) is 18.2 Å². The maximum Gasteiger partial charge on any atom is 0.166 e. The minimum Gasteiger partial charge on any atom is -0.366 e. The Kier molecular flexibility index (Phi) is 5.59. The zero-order valence-corrected chi connectivity index (χ0v) is 10.8. The van der Waals surface area contributed by atoms with E-state index in [1.165, 1.54) is 12.1 Å². The van der Waals surface area contributed by atoms with E-state index in [0.29, 0.717) is 13.0 Å². The average molecular weight is 259 g/mol. The van der Waals surface area contributed by atoms with Crippen molar-refractivity contribution in [3.05, 3.63) is 34.6 Å². The van der Waals surface area contributed by atoms with E-state index in [9.17, 15) is 9.18 Å². The SMILES string of the molecule is CCCOC(C(=O)CC)c1c(F)cccc1Cl. The molecule has 0 saturated carbocycles. The zero-order chi connectivity index (χ0) is 12.8. The van der Waals surface area contributed by atoms with Crippen molar-refractivity contribution in [2.75, 3.05) is 6.61 Å². The molecule has 0 heterocycles. The largest absolute Gasteiger partial charge is 0.366 e. The number of ether oxygens (including phenoxy) is 1. The number of Topliss-reactive ketones (excluding diaryl/α,β-unsaturated/α-hetero) is 1. The molecule has 0 saturated heterocycles. The molecule has 0 fully saturated rings. The number of carbonyl (C=O) groups excluding carboxylic acids is 1. The second kappa shape index (κ2) is 6.72. The van der Waals surface area contributed by atoms with Crippen molar-refractivity contribution in [3.63, 3.8) is 0 Å². The number of hydrogen-bond acceptors (Lipinski definition) is 2. The quantitative estimate of drug-likeness (QED) is 0.773. The van der Waals surface area contributed by atoms with Crippen molar-refractivity contribution in [2.45, 2.75) is 32.8 Å². The summed E-state index contributed by atoms with van der Waals surface area (Å²) in [5.74, 6) is -0.661. The lowest BCUT2D eigenvalue weighted by molar-refractivity contribution is -0.130. The number of carbonyl (C=O) groups is 1. The molecule has 2 nitrogen and oxygen atoms in total. The Morgan fingerprint density at radius 1 is 1.47 bits per heavy atom. The fraction of sp³-hybridized carbons (Fsp3) is 0.462. The van der Waals surface area contributed by atoms with E-state index in [2.05, 4.69) is 0 Å². The van der Waals surface area contributed by atoms with Gasteiger partial charge in [0.25, 0.3) is 0 Å². The van der Waals surface area contributed by atoms with Gasteiger partial charge < -0.3 is 4.74 Å². The first-order valence-electron chi connectivity index (χ1n) is 5.70. The van der Waals surface area contributed by atoms with Crippen LogP contribution in [-0.4, -0.2) is 12.4 Å². The summed E-state index contributed by atoms with van der Waals surface area (Å²) in [5, 5.41) is 0.230. The van der Waals surface area contributed by atoms with Gasteiger partial charge in [-0.25, -0.2) is 4.39 Å². The molecule has 0 spiro atoms. The maximum absolute atomic E-state index is 13.7. The van der Waals surface area contributed by atoms with Crippen molar-refractivity contribution >= 4 is 17.4 Å². The van der Waals surface area contributed by atoms with E-state index in [-0.39, 0.29) is 16.4 Å². The van der Waals surface area contributed by atoms with Crippen LogP contribution in [0, 0.1) is 5.82 Å². The van der Waals surface area contributed by atoms with Crippen LogP contribution in [0.5, 0.6) is 0 Å². The van der Waals surface area contributed by atoms with Gasteiger partial charge in [-0.1, -0.05) is 31.5 Å². The Bertz CT molecular complexity index is 373. The number of ketones is 1. The highest BCUT2D eigenvalue weighted by Crippen LogP contribution is 2.29. The molecule has 1 aromatic carbocycles. The third-order valence-electron chi connectivity index (χ3n) is 2.39. The zero-order valence-electron chi connectivity index (χ0n) is 10.0. The molecule has 0 aromatic heterocycles. The Labute approximate surface area is 106 Å². The topological polar surface area (TPSA) is 26.3 Å². The second-order valence-electron chi connectivity index (χ2n) is 3.71.